The fourth-order valence-electron chi connectivity index (χ4n) is 2.83. The zero-order chi connectivity index (χ0) is 18.2. The maximum atomic E-state index is 11.1. The molecule has 2 N–H and O–H groups in total. The predicted octanol–water partition coefficient (Wildman–Crippen LogP) is 4.94. The summed E-state index contributed by atoms with van der Waals surface area (Å²) >= 11 is 0. The van der Waals surface area contributed by atoms with Crippen LogP contribution in [0, 0.1) is 0 Å². The number of carbonyl (C=O) groups is 1. The number of ether oxygens (including phenoxy) is 1. The molecule has 2 rings (SSSR count). The maximum absolute atomic E-state index is 11.1. The minimum Gasteiger partial charge on any atom is -0.478 e. The highest BCUT2D eigenvalue weighted by atomic mass is 16.5. The van der Waals surface area contributed by atoms with Gasteiger partial charge in [-0.3, -0.25) is 0 Å². The first-order chi connectivity index (χ1) is 12.0. The molecule has 25 heavy (non-hydrogen) atoms. The summed E-state index contributed by atoms with van der Waals surface area (Å²) in [5, 5.41) is 12.5. The van der Waals surface area contributed by atoms with Crippen LogP contribution in [0.25, 0.3) is 0 Å². The Morgan fingerprint density at radius 3 is 2.92 bits per heavy atom. The van der Waals surface area contributed by atoms with Crippen molar-refractivity contribution in [3.8, 4) is 0 Å². The zero-order valence-electron chi connectivity index (χ0n) is 14.8. The van der Waals surface area contributed by atoms with Crippen molar-refractivity contribution >= 4 is 11.7 Å². The molecule has 132 valence electrons. The van der Waals surface area contributed by atoms with Crippen LogP contribution in [0.4, 0.5) is 5.69 Å². The van der Waals surface area contributed by atoms with Gasteiger partial charge in [0.05, 0.1) is 11.7 Å². The Morgan fingerprint density at radius 2 is 2.24 bits per heavy atom. The molecule has 0 heterocycles. The van der Waals surface area contributed by atoms with Crippen molar-refractivity contribution in [3.63, 3.8) is 0 Å². The average Bonchev–Trinajstić information content (AvgIpc) is 2.61. The van der Waals surface area contributed by atoms with Gasteiger partial charge in [-0.05, 0) is 43.5 Å². The SMILES string of the molecule is C=C/C=C(C)/C=C/C1=C(Nc2cccc(C(=O)O)c2)CCC(OC)C1. The molecule has 1 aliphatic rings. The Bertz CT molecular complexity index is 728. The van der Waals surface area contributed by atoms with E-state index in [2.05, 4.69) is 24.0 Å². The summed E-state index contributed by atoms with van der Waals surface area (Å²) in [6.45, 7) is 5.74. The first-order valence-electron chi connectivity index (χ1n) is 8.36. The molecule has 0 amide bonds. The van der Waals surface area contributed by atoms with E-state index in [1.165, 1.54) is 5.57 Å². The van der Waals surface area contributed by atoms with E-state index >= 15 is 0 Å². The molecular weight excluding hydrogens is 314 g/mol. The van der Waals surface area contributed by atoms with Gasteiger partial charge in [0.1, 0.15) is 0 Å². The second kappa shape index (κ2) is 9.04. The third-order valence-electron chi connectivity index (χ3n) is 4.22. The first kappa shape index (κ1) is 18.7. The van der Waals surface area contributed by atoms with Crippen LogP contribution in [0.2, 0.25) is 0 Å². The molecule has 1 aromatic rings. The molecule has 0 saturated heterocycles. The summed E-state index contributed by atoms with van der Waals surface area (Å²) in [5.74, 6) is -0.925. The van der Waals surface area contributed by atoms with Crippen molar-refractivity contribution in [2.45, 2.75) is 32.3 Å². The highest BCUT2D eigenvalue weighted by molar-refractivity contribution is 5.88. The van der Waals surface area contributed by atoms with Gasteiger partial charge in [-0.25, -0.2) is 4.79 Å². The van der Waals surface area contributed by atoms with Crippen LogP contribution >= 0.6 is 0 Å². The zero-order valence-corrected chi connectivity index (χ0v) is 14.8. The molecule has 0 aromatic heterocycles. The van der Waals surface area contributed by atoms with E-state index < -0.39 is 5.97 Å². The number of nitrogens with one attached hydrogen (secondary N) is 1. The Morgan fingerprint density at radius 1 is 1.44 bits per heavy atom. The summed E-state index contributed by atoms with van der Waals surface area (Å²) < 4.78 is 5.52. The standard InChI is InChI=1S/C21H25NO3/c1-4-6-15(2)9-10-16-14-19(25-3)11-12-20(16)22-18-8-5-7-17(13-18)21(23)24/h4-10,13,19,22H,1,11-12,14H2,2-3H3,(H,23,24)/b10-9+,15-6+. The molecular formula is C21H25NO3. The van der Waals surface area contributed by atoms with E-state index in [9.17, 15) is 4.79 Å². The van der Waals surface area contributed by atoms with Crippen molar-refractivity contribution in [3.05, 3.63) is 77.6 Å². The number of carboxylic acid groups (broad SMARTS) is 1. The van der Waals surface area contributed by atoms with Gasteiger partial charge in [-0.15, -0.1) is 0 Å². The van der Waals surface area contributed by atoms with Gasteiger partial charge in [0.25, 0.3) is 0 Å². The summed E-state index contributed by atoms with van der Waals surface area (Å²) in [6, 6.07) is 6.88. The normalized spacial score (nSPS) is 18.5. The molecule has 0 bridgehead atoms. The van der Waals surface area contributed by atoms with Crippen molar-refractivity contribution in [2.75, 3.05) is 12.4 Å². The van der Waals surface area contributed by atoms with E-state index in [4.69, 9.17) is 9.84 Å². The van der Waals surface area contributed by atoms with E-state index in [0.717, 1.165) is 36.2 Å². The van der Waals surface area contributed by atoms with Gasteiger partial charge in [0.2, 0.25) is 0 Å². The summed E-state index contributed by atoms with van der Waals surface area (Å²) in [7, 11) is 1.74. The second-order valence-corrected chi connectivity index (χ2v) is 6.09. The molecule has 4 heteroatoms. The molecule has 1 aliphatic carbocycles. The second-order valence-electron chi connectivity index (χ2n) is 6.09. The fourth-order valence-corrected chi connectivity index (χ4v) is 2.83. The quantitative estimate of drug-likeness (QED) is 0.691. The van der Waals surface area contributed by atoms with Crippen LogP contribution in [0.3, 0.4) is 0 Å². The average molecular weight is 339 g/mol. The summed E-state index contributed by atoms with van der Waals surface area (Å²) in [5.41, 5.74) is 4.47. The van der Waals surface area contributed by atoms with Gasteiger partial charge in [-0.2, -0.15) is 0 Å². The van der Waals surface area contributed by atoms with Gasteiger partial charge < -0.3 is 15.2 Å². The Hall–Kier alpha value is -2.59. The molecule has 1 unspecified atom stereocenters. The van der Waals surface area contributed by atoms with E-state index in [1.54, 1.807) is 31.4 Å². The smallest absolute Gasteiger partial charge is 0.335 e. The topological polar surface area (TPSA) is 58.6 Å². The van der Waals surface area contributed by atoms with Gasteiger partial charge in [0.15, 0.2) is 0 Å². The lowest BCUT2D eigenvalue weighted by molar-refractivity contribution is 0.0697. The predicted molar refractivity (Wildman–Crippen MR) is 102 cm³/mol. The minimum absolute atomic E-state index is 0.208. The van der Waals surface area contributed by atoms with Crippen LogP contribution in [0.1, 0.15) is 36.5 Å². The number of anilines is 1. The Labute approximate surface area is 149 Å². The molecule has 0 radical (unpaired) electrons. The van der Waals surface area contributed by atoms with E-state index in [-0.39, 0.29) is 11.7 Å². The number of allylic oxidation sites excluding steroid dienone is 6. The lowest BCUT2D eigenvalue weighted by atomic mass is 9.92. The number of hydrogen-bond acceptors (Lipinski definition) is 3. The van der Waals surface area contributed by atoms with Crippen LogP contribution in [-0.2, 0) is 4.74 Å². The summed E-state index contributed by atoms with van der Waals surface area (Å²) in [4.78, 5) is 11.1. The molecule has 1 atom stereocenters. The first-order valence-corrected chi connectivity index (χ1v) is 8.36. The van der Waals surface area contributed by atoms with Crippen molar-refractivity contribution in [2.24, 2.45) is 0 Å². The molecule has 0 saturated carbocycles. The number of hydrogen-bond donors (Lipinski definition) is 2. The molecule has 0 spiro atoms. The van der Waals surface area contributed by atoms with Crippen molar-refractivity contribution in [1.29, 1.82) is 0 Å². The van der Waals surface area contributed by atoms with Gasteiger partial charge >= 0.3 is 5.97 Å². The highest BCUT2D eigenvalue weighted by Crippen LogP contribution is 2.29. The van der Waals surface area contributed by atoms with Crippen molar-refractivity contribution < 1.29 is 14.6 Å². The third kappa shape index (κ3) is 5.47. The Balaban J connectivity index is 2.28. The maximum Gasteiger partial charge on any atom is 0.335 e. The number of aromatic carboxylic acids is 1. The monoisotopic (exact) mass is 339 g/mol. The summed E-state index contributed by atoms with van der Waals surface area (Å²) in [6.07, 6.45) is 10.7. The molecule has 0 aliphatic heterocycles. The fraction of sp³-hybridized carbons (Fsp3) is 0.286. The highest BCUT2D eigenvalue weighted by Gasteiger charge is 2.19. The van der Waals surface area contributed by atoms with Crippen LogP contribution in [0.5, 0.6) is 0 Å². The number of rotatable bonds is 7. The molecule has 1 aromatic carbocycles. The number of benzene rings is 1. The lowest BCUT2D eigenvalue weighted by Crippen LogP contribution is -2.20. The van der Waals surface area contributed by atoms with E-state index in [0.29, 0.717) is 0 Å². The number of carboxylic acids is 1. The van der Waals surface area contributed by atoms with Crippen LogP contribution in [0.15, 0.2) is 72.0 Å². The van der Waals surface area contributed by atoms with Crippen molar-refractivity contribution in [1.82, 2.24) is 0 Å². The number of methoxy groups -OCH3 is 1. The molecule has 4 nitrogen and oxygen atoms in total. The lowest BCUT2D eigenvalue weighted by Gasteiger charge is -2.26. The molecule has 0 fully saturated rings. The van der Waals surface area contributed by atoms with Crippen LogP contribution in [-0.4, -0.2) is 24.3 Å². The van der Waals surface area contributed by atoms with E-state index in [1.807, 2.05) is 19.1 Å². The Kier molecular flexibility index (Phi) is 6.78. The largest absolute Gasteiger partial charge is 0.478 e. The minimum atomic E-state index is -0.925. The van der Waals surface area contributed by atoms with Crippen LogP contribution < -0.4 is 5.32 Å². The van der Waals surface area contributed by atoms with Gasteiger partial charge in [-0.1, -0.05) is 42.5 Å². The third-order valence-corrected chi connectivity index (χ3v) is 4.22. The van der Waals surface area contributed by atoms with Gasteiger partial charge in [0, 0.05) is 24.9 Å².